The number of primary amides is 2. The van der Waals surface area contributed by atoms with Gasteiger partial charge in [0.1, 0.15) is 11.6 Å². The van der Waals surface area contributed by atoms with Crippen LogP contribution in [-0.2, 0) is 12.8 Å². The Morgan fingerprint density at radius 2 is 1.52 bits per heavy atom. The first-order valence-electron chi connectivity index (χ1n) is 14.8. The molecule has 3 amide bonds. The molecule has 0 bridgehead atoms. The van der Waals surface area contributed by atoms with E-state index in [2.05, 4.69) is 4.98 Å². The lowest BCUT2D eigenvalue weighted by molar-refractivity contribution is 0.0750. The number of hydrogen-bond acceptors (Lipinski definition) is 4. The molecule has 0 fully saturated rings. The first kappa shape index (κ1) is 32.3. The highest BCUT2D eigenvalue weighted by molar-refractivity contribution is 6.06. The second kappa shape index (κ2) is 14.3. The number of fused-ring (bicyclic) bond motifs is 1. The normalized spacial score (nSPS) is 12.7. The fraction of sp³-hybridized carbons (Fsp3) is 0.324. The third-order valence-electron chi connectivity index (χ3n) is 7.74. The largest absolute Gasteiger partial charge is 0.392 e. The van der Waals surface area contributed by atoms with Gasteiger partial charge in [0, 0.05) is 53.0 Å². The maximum Gasteiger partial charge on any atom is 0.254 e. The van der Waals surface area contributed by atoms with Crippen molar-refractivity contribution >= 4 is 28.6 Å². The smallest absolute Gasteiger partial charge is 0.254 e. The van der Waals surface area contributed by atoms with Gasteiger partial charge in [-0.25, -0.2) is 8.78 Å². The minimum Gasteiger partial charge on any atom is -0.392 e. The van der Waals surface area contributed by atoms with Crippen molar-refractivity contribution in [2.75, 3.05) is 13.1 Å². The molecule has 232 valence electrons. The number of aryl methyl sites for hydroxylation is 1. The molecule has 10 heteroatoms. The Labute approximate surface area is 255 Å². The van der Waals surface area contributed by atoms with Crippen LogP contribution in [0.1, 0.15) is 86.9 Å². The lowest BCUT2D eigenvalue weighted by Gasteiger charge is -2.30. The summed E-state index contributed by atoms with van der Waals surface area (Å²) in [6, 6.07) is 15.2. The van der Waals surface area contributed by atoms with Crippen LogP contribution in [-0.4, -0.2) is 51.9 Å². The number of carbonyl (C=O) groups is 3. The van der Waals surface area contributed by atoms with E-state index in [0.29, 0.717) is 32.4 Å². The number of carbonyl (C=O) groups excluding carboxylic acids is 3. The first-order chi connectivity index (χ1) is 21.0. The minimum atomic E-state index is -1.19. The number of aliphatic hydroxyl groups excluding tert-OH is 1. The summed E-state index contributed by atoms with van der Waals surface area (Å²) in [5.41, 5.74) is 13.2. The number of para-hydroxylation sites is 1. The molecule has 0 spiro atoms. The maximum absolute atomic E-state index is 14.3. The molecule has 0 radical (unpaired) electrons. The fourth-order valence-corrected chi connectivity index (χ4v) is 5.79. The summed E-state index contributed by atoms with van der Waals surface area (Å²) < 4.78 is 28.6. The Bertz CT molecular complexity index is 1610. The van der Waals surface area contributed by atoms with E-state index in [1.165, 1.54) is 12.1 Å². The highest BCUT2D eigenvalue weighted by Crippen LogP contribution is 2.35. The second-order valence-electron chi connectivity index (χ2n) is 11.1. The molecule has 0 aliphatic rings. The number of aliphatic hydroxyl groups is 1. The maximum atomic E-state index is 14.3. The van der Waals surface area contributed by atoms with E-state index in [1.807, 2.05) is 44.2 Å². The van der Waals surface area contributed by atoms with Crippen molar-refractivity contribution in [3.8, 4) is 0 Å². The number of halogens is 2. The number of nitrogens with two attached hydrogens (primary N) is 2. The highest BCUT2D eigenvalue weighted by Gasteiger charge is 2.33. The van der Waals surface area contributed by atoms with E-state index < -0.39 is 41.4 Å². The van der Waals surface area contributed by atoms with Crippen molar-refractivity contribution in [3.63, 3.8) is 0 Å². The van der Waals surface area contributed by atoms with Crippen molar-refractivity contribution in [3.05, 3.63) is 106 Å². The molecule has 6 N–H and O–H groups in total. The van der Waals surface area contributed by atoms with Gasteiger partial charge in [0.2, 0.25) is 11.8 Å². The van der Waals surface area contributed by atoms with Crippen LogP contribution in [0.5, 0.6) is 0 Å². The lowest BCUT2D eigenvalue weighted by Crippen LogP contribution is -2.36. The number of benzene rings is 3. The van der Waals surface area contributed by atoms with Crippen LogP contribution in [0.25, 0.3) is 10.9 Å². The summed E-state index contributed by atoms with van der Waals surface area (Å²) in [5.74, 6) is -4.89. The van der Waals surface area contributed by atoms with Gasteiger partial charge >= 0.3 is 0 Å². The van der Waals surface area contributed by atoms with Gasteiger partial charge < -0.3 is 26.5 Å². The molecular formula is C34H38F2N4O4. The molecule has 4 aromatic rings. The second-order valence-corrected chi connectivity index (χ2v) is 11.1. The number of hydrogen-bond donors (Lipinski definition) is 4. The van der Waals surface area contributed by atoms with Gasteiger partial charge in [-0.2, -0.15) is 0 Å². The minimum absolute atomic E-state index is 0.0106. The van der Waals surface area contributed by atoms with Gasteiger partial charge in [0.15, 0.2) is 0 Å². The Hall–Kier alpha value is -4.57. The number of aromatic nitrogens is 1. The van der Waals surface area contributed by atoms with Crippen molar-refractivity contribution in [2.45, 2.75) is 58.0 Å². The number of H-pyrrole nitrogens is 1. The predicted octanol–water partition coefficient (Wildman–Crippen LogP) is 5.23. The molecule has 1 aromatic heterocycles. The number of aromatic amines is 1. The van der Waals surface area contributed by atoms with E-state index in [1.54, 1.807) is 4.90 Å². The number of rotatable bonds is 14. The third kappa shape index (κ3) is 7.49. The van der Waals surface area contributed by atoms with Crippen molar-refractivity contribution in [2.24, 2.45) is 11.5 Å². The average molecular weight is 605 g/mol. The van der Waals surface area contributed by atoms with E-state index >= 15 is 0 Å². The van der Waals surface area contributed by atoms with Crippen LogP contribution >= 0.6 is 0 Å². The van der Waals surface area contributed by atoms with Crippen LogP contribution in [0.2, 0.25) is 0 Å². The highest BCUT2D eigenvalue weighted by atomic mass is 19.1. The Balaban J connectivity index is 1.87. The molecule has 0 saturated carbocycles. The zero-order chi connectivity index (χ0) is 32.0. The van der Waals surface area contributed by atoms with E-state index in [9.17, 15) is 28.3 Å². The summed E-state index contributed by atoms with van der Waals surface area (Å²) in [6.45, 7) is 4.64. The SMILES string of the molecule is CCCN(CCC)C(=O)c1cc(C(N)=O)cc(C(N)=O)c1C(Cc1cc(F)cc(F)c1)C(O)CCc1cc2ccccc2[nH]1. The molecule has 0 saturated heterocycles. The molecule has 3 aromatic carbocycles. The zero-order valence-corrected chi connectivity index (χ0v) is 24.9. The molecule has 0 aliphatic heterocycles. The third-order valence-corrected chi connectivity index (χ3v) is 7.74. The Morgan fingerprint density at radius 3 is 2.11 bits per heavy atom. The molecule has 4 rings (SSSR count). The summed E-state index contributed by atoms with van der Waals surface area (Å²) in [6.07, 6.45) is 0.558. The fourth-order valence-electron chi connectivity index (χ4n) is 5.79. The van der Waals surface area contributed by atoms with Crippen molar-refractivity contribution in [1.82, 2.24) is 9.88 Å². The lowest BCUT2D eigenvalue weighted by atomic mass is 9.79. The monoisotopic (exact) mass is 604 g/mol. The molecule has 8 nitrogen and oxygen atoms in total. The number of amides is 3. The van der Waals surface area contributed by atoms with Gasteiger partial charge in [0.25, 0.3) is 5.91 Å². The number of nitrogens with one attached hydrogen (secondary N) is 1. The molecular weight excluding hydrogens is 566 g/mol. The van der Waals surface area contributed by atoms with Crippen LogP contribution in [0.3, 0.4) is 0 Å². The molecule has 2 unspecified atom stereocenters. The van der Waals surface area contributed by atoms with E-state index in [4.69, 9.17) is 11.5 Å². The Morgan fingerprint density at radius 1 is 0.886 bits per heavy atom. The molecule has 1 heterocycles. The standard InChI is InChI=1S/C34H38F2N4O4/c1-3-11-40(12-4-2)34(44)28-18-22(32(37)42)17-27(33(38)43)31(28)26(15-20-13-23(35)19-24(36)14-20)30(41)10-9-25-16-21-7-5-6-8-29(21)39-25/h5-8,13-14,16-19,26,30,39,41H,3-4,9-12,15H2,1-2H3,(H2,37,42)(H2,38,43). The molecule has 44 heavy (non-hydrogen) atoms. The van der Waals surface area contributed by atoms with E-state index in [0.717, 1.165) is 34.8 Å². The average Bonchev–Trinajstić information content (AvgIpc) is 3.40. The summed E-state index contributed by atoms with van der Waals surface area (Å²) in [4.78, 5) is 44.2. The van der Waals surface area contributed by atoms with Gasteiger partial charge in [-0.05, 0) is 85.0 Å². The Kier molecular flexibility index (Phi) is 10.5. The van der Waals surface area contributed by atoms with Gasteiger partial charge in [-0.1, -0.05) is 32.0 Å². The van der Waals surface area contributed by atoms with Gasteiger partial charge in [-0.3, -0.25) is 14.4 Å². The summed E-state index contributed by atoms with van der Waals surface area (Å²) >= 11 is 0. The van der Waals surface area contributed by atoms with E-state index in [-0.39, 0.29) is 40.7 Å². The first-order valence-corrected chi connectivity index (χ1v) is 14.8. The van der Waals surface area contributed by atoms with Gasteiger partial charge in [0.05, 0.1) is 6.10 Å². The van der Waals surface area contributed by atoms with Crippen molar-refractivity contribution in [1.29, 1.82) is 0 Å². The topological polar surface area (TPSA) is 143 Å². The van der Waals surface area contributed by atoms with Crippen LogP contribution in [0.15, 0.2) is 60.7 Å². The van der Waals surface area contributed by atoms with Crippen LogP contribution < -0.4 is 11.5 Å². The summed E-state index contributed by atoms with van der Waals surface area (Å²) in [7, 11) is 0. The summed E-state index contributed by atoms with van der Waals surface area (Å²) in [5, 5.41) is 12.8. The van der Waals surface area contributed by atoms with Crippen molar-refractivity contribution < 1.29 is 28.3 Å². The predicted molar refractivity (Wildman–Crippen MR) is 165 cm³/mol. The molecule has 2 atom stereocenters. The van der Waals surface area contributed by atoms with Crippen LogP contribution in [0, 0.1) is 11.6 Å². The number of nitrogens with zero attached hydrogens (tertiary/aromatic N) is 1. The molecule has 0 aliphatic carbocycles. The zero-order valence-electron chi connectivity index (χ0n) is 24.9. The van der Waals surface area contributed by atoms with Gasteiger partial charge in [-0.15, -0.1) is 0 Å². The van der Waals surface area contributed by atoms with Crippen LogP contribution in [0.4, 0.5) is 8.78 Å². The quantitative estimate of drug-likeness (QED) is 0.156.